The highest BCUT2D eigenvalue weighted by Gasteiger charge is 2.46. The predicted octanol–water partition coefficient (Wildman–Crippen LogP) is 6.74. The second-order valence-corrected chi connectivity index (χ2v) is 11.2. The Morgan fingerprint density at radius 2 is 2.03 bits per heavy atom. The van der Waals surface area contributed by atoms with Crippen molar-refractivity contribution in [3.63, 3.8) is 0 Å². The van der Waals surface area contributed by atoms with Crippen LogP contribution in [0.2, 0.25) is 0 Å². The average molecular weight is 447 g/mol. The summed E-state index contributed by atoms with van der Waals surface area (Å²) in [5, 5.41) is 12.0. The number of hydrogen-bond acceptors (Lipinski definition) is 4. The molecule has 2 unspecified atom stereocenters. The zero-order chi connectivity index (χ0) is 24.3. The van der Waals surface area contributed by atoms with Crippen LogP contribution in [0.5, 0.6) is 0 Å². The Balaban J connectivity index is 2.18. The predicted molar refractivity (Wildman–Crippen MR) is 137 cm³/mol. The van der Waals surface area contributed by atoms with E-state index < -0.39 is 0 Å². The van der Waals surface area contributed by atoms with Crippen LogP contribution in [0, 0.1) is 5.41 Å². The van der Waals surface area contributed by atoms with Crippen LogP contribution in [0.15, 0.2) is 54.0 Å². The van der Waals surface area contributed by atoms with Crippen molar-refractivity contribution in [2.75, 3.05) is 20.8 Å². The molecule has 2 aromatic rings. The van der Waals surface area contributed by atoms with Gasteiger partial charge in [0.25, 0.3) is 0 Å². The van der Waals surface area contributed by atoms with Crippen LogP contribution in [0.4, 0.5) is 0 Å². The molecular formula is C29H38N2O2. The number of aromatic nitrogens is 1. The van der Waals surface area contributed by atoms with Gasteiger partial charge in [0.1, 0.15) is 5.76 Å². The van der Waals surface area contributed by atoms with Gasteiger partial charge in [-0.1, -0.05) is 53.3 Å². The molecule has 2 atom stereocenters. The number of benzene rings is 1. The first-order valence-electron chi connectivity index (χ1n) is 11.9. The molecule has 0 bridgehead atoms. The van der Waals surface area contributed by atoms with E-state index in [1.54, 1.807) is 7.11 Å². The number of aliphatic hydroxyl groups excluding tert-OH is 1. The molecule has 0 radical (unpaired) electrons. The molecule has 1 aromatic heterocycles. The number of aliphatic hydroxyl groups is 1. The zero-order valence-electron chi connectivity index (χ0n) is 21.4. The average Bonchev–Trinajstić information content (AvgIpc) is 2.72. The molecule has 0 saturated carbocycles. The number of fused-ring (bicyclic) bond motifs is 2. The second-order valence-electron chi connectivity index (χ2n) is 11.2. The molecule has 1 aromatic carbocycles. The van der Waals surface area contributed by atoms with E-state index in [4.69, 9.17) is 9.72 Å². The van der Waals surface area contributed by atoms with Crippen molar-refractivity contribution in [2.24, 2.45) is 5.41 Å². The molecule has 0 saturated heterocycles. The number of rotatable bonds is 4. The topological polar surface area (TPSA) is 45.6 Å². The van der Waals surface area contributed by atoms with E-state index in [1.807, 2.05) is 12.3 Å². The molecule has 33 heavy (non-hydrogen) atoms. The van der Waals surface area contributed by atoms with Crippen molar-refractivity contribution in [1.82, 2.24) is 9.88 Å². The molecule has 176 valence electrons. The summed E-state index contributed by atoms with van der Waals surface area (Å²) in [5.74, 6) is 0.243. The van der Waals surface area contributed by atoms with Gasteiger partial charge in [0.05, 0.1) is 11.6 Å². The van der Waals surface area contributed by atoms with Crippen LogP contribution < -0.4 is 0 Å². The van der Waals surface area contributed by atoms with Gasteiger partial charge >= 0.3 is 0 Å². The fraction of sp³-hybridized carbons (Fsp3) is 0.483. The normalized spacial score (nSPS) is 23.3. The highest BCUT2D eigenvalue weighted by molar-refractivity contribution is 5.94. The van der Waals surface area contributed by atoms with E-state index in [2.05, 4.69) is 78.3 Å². The number of nitrogens with zero attached hydrogens (tertiary/aromatic N) is 2. The van der Waals surface area contributed by atoms with E-state index in [0.29, 0.717) is 6.61 Å². The van der Waals surface area contributed by atoms with Crippen LogP contribution in [0.25, 0.3) is 16.6 Å². The van der Waals surface area contributed by atoms with E-state index >= 15 is 0 Å². The van der Waals surface area contributed by atoms with Crippen molar-refractivity contribution in [1.29, 1.82) is 0 Å². The Bertz CT molecular complexity index is 1180. The Hall–Kier alpha value is -2.59. The maximum Gasteiger partial charge on any atom is 0.108 e. The fourth-order valence-corrected chi connectivity index (χ4v) is 6.04. The van der Waals surface area contributed by atoms with Gasteiger partial charge in [0.15, 0.2) is 0 Å². The summed E-state index contributed by atoms with van der Waals surface area (Å²) in [5.41, 5.74) is 8.53. The summed E-state index contributed by atoms with van der Waals surface area (Å²) in [6.07, 6.45) is 5.07. The first-order chi connectivity index (χ1) is 15.4. The van der Waals surface area contributed by atoms with Gasteiger partial charge in [-0.15, -0.1) is 0 Å². The third-order valence-corrected chi connectivity index (χ3v) is 7.36. The van der Waals surface area contributed by atoms with Crippen LogP contribution in [0.1, 0.15) is 70.6 Å². The largest absolute Gasteiger partial charge is 0.511 e. The third-order valence-electron chi connectivity index (χ3n) is 7.36. The molecule has 1 aliphatic carbocycles. The summed E-state index contributed by atoms with van der Waals surface area (Å²) in [4.78, 5) is 7.02. The summed E-state index contributed by atoms with van der Waals surface area (Å²) < 4.78 is 5.50. The summed E-state index contributed by atoms with van der Waals surface area (Å²) in [6.45, 7) is 18.3. The Morgan fingerprint density at radius 3 is 2.64 bits per heavy atom. The lowest BCUT2D eigenvalue weighted by atomic mass is 9.62. The Kier molecular flexibility index (Phi) is 5.73. The van der Waals surface area contributed by atoms with Gasteiger partial charge in [-0.3, -0.25) is 4.98 Å². The second kappa shape index (κ2) is 8.02. The van der Waals surface area contributed by atoms with E-state index in [0.717, 1.165) is 17.3 Å². The molecule has 2 aliphatic rings. The molecule has 0 spiro atoms. The van der Waals surface area contributed by atoms with Crippen LogP contribution in [0.3, 0.4) is 0 Å². The lowest BCUT2D eigenvalue weighted by molar-refractivity contribution is 0.162. The minimum atomic E-state index is -0.228. The molecule has 1 N–H and O–H groups in total. The number of methoxy groups -OCH3 is 1. The summed E-state index contributed by atoms with van der Waals surface area (Å²) in [7, 11) is 3.83. The maximum atomic E-state index is 10.8. The zero-order valence-corrected chi connectivity index (χ0v) is 21.4. The number of pyridine rings is 1. The molecular weight excluding hydrogens is 408 g/mol. The highest BCUT2D eigenvalue weighted by atomic mass is 16.5. The number of likely N-dealkylation sites (N-methyl/N-ethyl adjacent to an activating group) is 1. The van der Waals surface area contributed by atoms with Crippen molar-refractivity contribution in [2.45, 2.75) is 65.3 Å². The van der Waals surface area contributed by atoms with Crippen molar-refractivity contribution < 1.29 is 9.84 Å². The van der Waals surface area contributed by atoms with Crippen LogP contribution in [-0.2, 0) is 10.2 Å². The van der Waals surface area contributed by atoms with E-state index in [-0.39, 0.29) is 28.5 Å². The van der Waals surface area contributed by atoms with Gasteiger partial charge in [-0.05, 0) is 53.2 Å². The molecule has 4 heteroatoms. The van der Waals surface area contributed by atoms with Gasteiger partial charge in [-0.2, -0.15) is 0 Å². The number of hydrogen-bond donors (Lipinski definition) is 1. The monoisotopic (exact) mass is 446 g/mol. The maximum absolute atomic E-state index is 10.8. The highest BCUT2D eigenvalue weighted by Crippen LogP contribution is 2.56. The van der Waals surface area contributed by atoms with Gasteiger partial charge < -0.3 is 14.7 Å². The summed E-state index contributed by atoms with van der Waals surface area (Å²) in [6, 6.07) is 6.23. The lowest BCUT2D eigenvalue weighted by Crippen LogP contribution is -2.45. The first kappa shape index (κ1) is 23.6. The standard InChI is InChI=1S/C29H38N2O2/c1-17-22(16-28(3,4)5)29(6,7)21-15-23-19(11-10-13-30-23)24-20(12-14-33-9)27(18(2)32)31(8)26(17)25(21)24/h10-11,13,15-16,20,27,32H,2,12,14H2,1,3-9H3/b22-16+. The SMILES string of the molecule is C=C(O)C1C(CCOC)c2c3c(cc4ncccc24)C(C)(C)/C(=C/C(C)(C)C)C(C)=C3N1C. The van der Waals surface area contributed by atoms with E-state index in [9.17, 15) is 5.11 Å². The minimum Gasteiger partial charge on any atom is -0.511 e. The number of allylic oxidation sites excluding steroid dienone is 3. The molecule has 2 heterocycles. The van der Waals surface area contributed by atoms with E-state index in [1.165, 1.54) is 33.5 Å². The van der Waals surface area contributed by atoms with Crippen molar-refractivity contribution >= 4 is 16.6 Å². The lowest BCUT2D eigenvalue weighted by Gasteiger charge is -2.50. The molecule has 0 amide bonds. The van der Waals surface area contributed by atoms with Crippen molar-refractivity contribution in [3.05, 3.63) is 70.6 Å². The van der Waals surface area contributed by atoms with Gasteiger partial charge in [0, 0.05) is 54.9 Å². The smallest absolute Gasteiger partial charge is 0.108 e. The summed E-state index contributed by atoms with van der Waals surface area (Å²) >= 11 is 0. The Labute approximate surface area is 198 Å². The molecule has 1 aliphatic heterocycles. The van der Waals surface area contributed by atoms with Gasteiger partial charge in [-0.25, -0.2) is 0 Å². The molecule has 4 nitrogen and oxygen atoms in total. The van der Waals surface area contributed by atoms with Crippen LogP contribution in [-0.4, -0.2) is 41.8 Å². The van der Waals surface area contributed by atoms with Crippen LogP contribution >= 0.6 is 0 Å². The number of ether oxygens (including phenoxy) is 1. The molecule has 4 rings (SSSR count). The third kappa shape index (κ3) is 3.69. The Morgan fingerprint density at radius 1 is 1.33 bits per heavy atom. The van der Waals surface area contributed by atoms with Crippen molar-refractivity contribution in [3.8, 4) is 0 Å². The first-order valence-corrected chi connectivity index (χ1v) is 11.9. The quantitative estimate of drug-likeness (QED) is 0.529. The molecule has 0 fully saturated rings. The fourth-order valence-electron chi connectivity index (χ4n) is 6.04. The van der Waals surface area contributed by atoms with Gasteiger partial charge in [0.2, 0.25) is 0 Å². The minimum absolute atomic E-state index is 0.0398.